The highest BCUT2D eigenvalue weighted by Crippen LogP contribution is 2.36. The molecule has 0 radical (unpaired) electrons. The highest BCUT2D eigenvalue weighted by atomic mass is 35.5. The van der Waals surface area contributed by atoms with E-state index in [-0.39, 0.29) is 10.8 Å². The molecular weight excluding hydrogens is 374 g/mol. The first-order valence-electron chi connectivity index (χ1n) is 8.11. The number of benzene rings is 1. The third-order valence-corrected chi connectivity index (χ3v) is 4.16. The maximum absolute atomic E-state index is 11.6. The fourth-order valence-corrected chi connectivity index (χ4v) is 2.55. The molecular formula is C18H22ClN3O5. The summed E-state index contributed by atoms with van der Waals surface area (Å²) < 4.78 is 18.0. The Morgan fingerprint density at radius 2 is 2.00 bits per heavy atom. The topological polar surface area (TPSA) is 84.2 Å². The minimum atomic E-state index is -0.834. The number of carbonyl (C=O) groups excluding carboxylic acids is 1. The summed E-state index contributed by atoms with van der Waals surface area (Å²) in [5.74, 6) is 0.736. The van der Waals surface area contributed by atoms with E-state index in [9.17, 15) is 4.79 Å². The molecule has 1 atom stereocenters. The summed E-state index contributed by atoms with van der Waals surface area (Å²) >= 11 is 6.29. The van der Waals surface area contributed by atoms with Gasteiger partial charge in [0.25, 0.3) is 0 Å². The van der Waals surface area contributed by atoms with Crippen LogP contribution in [0.3, 0.4) is 0 Å². The number of aromatic nitrogens is 2. The van der Waals surface area contributed by atoms with E-state index in [0.717, 1.165) is 11.3 Å². The Hall–Kier alpha value is -2.74. The molecule has 0 aliphatic rings. The summed E-state index contributed by atoms with van der Waals surface area (Å²) in [5.41, 5.74) is 2.31. The van der Waals surface area contributed by atoms with Crippen molar-refractivity contribution in [2.45, 2.75) is 26.9 Å². The molecule has 0 aliphatic carbocycles. The van der Waals surface area contributed by atoms with Gasteiger partial charge in [0.1, 0.15) is 18.6 Å². The first-order valence-corrected chi connectivity index (χ1v) is 8.48. The summed E-state index contributed by atoms with van der Waals surface area (Å²) in [7, 11) is 4.50. The zero-order chi connectivity index (χ0) is 20.1. The van der Waals surface area contributed by atoms with E-state index in [0.29, 0.717) is 17.2 Å². The summed E-state index contributed by atoms with van der Waals surface area (Å²) in [6.07, 6.45) is 0.632. The van der Waals surface area contributed by atoms with E-state index < -0.39 is 12.1 Å². The summed E-state index contributed by atoms with van der Waals surface area (Å²) in [5, 5.41) is 8.39. The average Bonchev–Trinajstić information content (AvgIpc) is 2.88. The number of oxime groups is 1. The van der Waals surface area contributed by atoms with Crippen molar-refractivity contribution in [1.82, 2.24) is 9.78 Å². The summed E-state index contributed by atoms with van der Waals surface area (Å²) in [6, 6.07) is 3.19. The second-order valence-corrected chi connectivity index (χ2v) is 6.17. The number of aryl methyl sites for hydroxylation is 2. The van der Waals surface area contributed by atoms with Crippen molar-refractivity contribution in [2.75, 3.05) is 14.2 Å². The van der Waals surface area contributed by atoms with Gasteiger partial charge in [0, 0.05) is 24.2 Å². The lowest BCUT2D eigenvalue weighted by Gasteiger charge is -2.16. The Bertz CT molecular complexity index is 863. The Morgan fingerprint density at radius 1 is 1.30 bits per heavy atom. The van der Waals surface area contributed by atoms with Crippen LogP contribution in [0.1, 0.15) is 23.7 Å². The van der Waals surface area contributed by atoms with Crippen molar-refractivity contribution in [3.8, 4) is 17.4 Å². The van der Waals surface area contributed by atoms with Crippen molar-refractivity contribution < 1.29 is 23.8 Å². The molecule has 0 fully saturated rings. The second kappa shape index (κ2) is 8.77. The number of rotatable bonds is 7. The van der Waals surface area contributed by atoms with Crippen LogP contribution in [0.25, 0.3) is 0 Å². The van der Waals surface area contributed by atoms with Crippen LogP contribution < -0.4 is 9.47 Å². The Balaban J connectivity index is 2.46. The highest BCUT2D eigenvalue weighted by Gasteiger charge is 2.20. The van der Waals surface area contributed by atoms with Crippen LogP contribution in [0, 0.1) is 13.8 Å². The lowest BCUT2D eigenvalue weighted by atomic mass is 10.2. The SMILES string of the molecule is CON=Cc1cc(Cl)c(O[C@@H](C)C(=O)OC)cc1Oc1c(C)c(C)nn1C. The van der Waals surface area contributed by atoms with Crippen molar-refractivity contribution >= 4 is 23.8 Å². The molecule has 0 unspecified atom stereocenters. The number of hydrogen-bond donors (Lipinski definition) is 0. The van der Waals surface area contributed by atoms with Crippen molar-refractivity contribution in [3.05, 3.63) is 34.0 Å². The second-order valence-electron chi connectivity index (χ2n) is 5.76. The van der Waals surface area contributed by atoms with Gasteiger partial charge in [-0.15, -0.1) is 0 Å². The van der Waals surface area contributed by atoms with Crippen molar-refractivity contribution in [2.24, 2.45) is 12.2 Å². The van der Waals surface area contributed by atoms with Crippen LogP contribution >= 0.6 is 11.6 Å². The highest BCUT2D eigenvalue weighted by molar-refractivity contribution is 6.32. The molecule has 0 aliphatic heterocycles. The van der Waals surface area contributed by atoms with Crippen LogP contribution in [0.4, 0.5) is 0 Å². The normalized spacial score (nSPS) is 12.1. The van der Waals surface area contributed by atoms with Gasteiger partial charge in [-0.2, -0.15) is 5.10 Å². The fraction of sp³-hybridized carbons (Fsp3) is 0.389. The molecule has 0 spiro atoms. The predicted octanol–water partition coefficient (Wildman–Crippen LogP) is 3.40. The predicted molar refractivity (Wildman–Crippen MR) is 101 cm³/mol. The minimum Gasteiger partial charge on any atom is -0.477 e. The number of hydrogen-bond acceptors (Lipinski definition) is 7. The summed E-state index contributed by atoms with van der Waals surface area (Å²) in [4.78, 5) is 16.4. The lowest BCUT2D eigenvalue weighted by Crippen LogP contribution is -2.25. The first-order chi connectivity index (χ1) is 12.8. The minimum absolute atomic E-state index is 0.274. The van der Waals surface area contributed by atoms with Crippen molar-refractivity contribution in [3.63, 3.8) is 0 Å². The smallest absolute Gasteiger partial charge is 0.346 e. The van der Waals surface area contributed by atoms with E-state index >= 15 is 0 Å². The maximum atomic E-state index is 11.6. The number of methoxy groups -OCH3 is 1. The summed E-state index contributed by atoms with van der Waals surface area (Å²) in [6.45, 7) is 5.37. The molecule has 0 saturated carbocycles. The fourth-order valence-electron chi connectivity index (χ4n) is 2.33. The van der Waals surface area contributed by atoms with Crippen molar-refractivity contribution in [1.29, 1.82) is 0 Å². The third-order valence-electron chi connectivity index (χ3n) is 3.86. The molecule has 8 nitrogen and oxygen atoms in total. The van der Waals surface area contributed by atoms with Crippen LogP contribution in [0.2, 0.25) is 5.02 Å². The number of esters is 1. The van der Waals surface area contributed by atoms with Gasteiger partial charge >= 0.3 is 5.97 Å². The van der Waals surface area contributed by atoms with E-state index in [1.807, 2.05) is 13.8 Å². The number of ether oxygens (including phenoxy) is 3. The number of carbonyl (C=O) groups is 1. The molecule has 0 saturated heterocycles. The van der Waals surface area contributed by atoms with Crippen LogP contribution in [0.5, 0.6) is 17.4 Å². The monoisotopic (exact) mass is 395 g/mol. The molecule has 0 bridgehead atoms. The van der Waals surface area contributed by atoms with Crippen LogP contribution in [-0.4, -0.2) is 42.3 Å². The molecule has 1 aromatic heterocycles. The molecule has 27 heavy (non-hydrogen) atoms. The van der Waals surface area contributed by atoms with Gasteiger partial charge in [-0.1, -0.05) is 16.8 Å². The van der Waals surface area contributed by atoms with Crippen LogP contribution in [0.15, 0.2) is 17.3 Å². The molecule has 0 amide bonds. The Kier molecular flexibility index (Phi) is 6.68. The third kappa shape index (κ3) is 4.71. The van der Waals surface area contributed by atoms with Gasteiger partial charge in [0.05, 0.1) is 24.0 Å². The molecule has 2 rings (SSSR count). The van der Waals surface area contributed by atoms with Gasteiger partial charge < -0.3 is 19.0 Å². The van der Waals surface area contributed by atoms with E-state index in [4.69, 9.17) is 25.9 Å². The zero-order valence-corrected chi connectivity index (χ0v) is 16.8. The van der Waals surface area contributed by atoms with Crippen LogP contribution in [-0.2, 0) is 21.4 Å². The van der Waals surface area contributed by atoms with Gasteiger partial charge in [-0.3, -0.25) is 0 Å². The molecule has 2 aromatic rings. The Morgan fingerprint density at radius 3 is 2.56 bits per heavy atom. The first kappa shape index (κ1) is 20.6. The van der Waals surface area contributed by atoms with Gasteiger partial charge in [-0.05, 0) is 26.8 Å². The zero-order valence-electron chi connectivity index (χ0n) is 16.1. The molecule has 146 valence electrons. The van der Waals surface area contributed by atoms with E-state index in [1.165, 1.54) is 20.4 Å². The molecule has 1 aromatic carbocycles. The van der Waals surface area contributed by atoms with E-state index in [2.05, 4.69) is 15.0 Å². The van der Waals surface area contributed by atoms with Gasteiger partial charge in [0.2, 0.25) is 5.88 Å². The largest absolute Gasteiger partial charge is 0.477 e. The Labute approximate surface area is 162 Å². The van der Waals surface area contributed by atoms with Gasteiger partial charge in [0.15, 0.2) is 6.10 Å². The molecule has 1 heterocycles. The van der Waals surface area contributed by atoms with E-state index in [1.54, 1.807) is 30.8 Å². The maximum Gasteiger partial charge on any atom is 0.346 e. The molecule has 9 heteroatoms. The quantitative estimate of drug-likeness (QED) is 0.406. The molecule has 0 N–H and O–H groups in total. The number of halogens is 1. The standard InChI is InChI=1S/C18H22ClN3O5/c1-10-11(2)21-22(4)17(10)27-15-8-16(26-12(3)18(23)24-5)14(19)7-13(15)9-20-25-6/h7-9,12H,1-6H3/t12-/m0/s1. The lowest BCUT2D eigenvalue weighted by molar-refractivity contribution is -0.147. The number of nitrogens with zero attached hydrogens (tertiary/aromatic N) is 3. The average molecular weight is 396 g/mol. The van der Waals surface area contributed by atoms with Gasteiger partial charge in [-0.25, -0.2) is 9.48 Å².